The lowest BCUT2D eigenvalue weighted by molar-refractivity contribution is -0.121. The van der Waals surface area contributed by atoms with E-state index in [1.807, 2.05) is 0 Å². The summed E-state index contributed by atoms with van der Waals surface area (Å²) in [5.74, 6) is 0.103. The maximum Gasteiger partial charge on any atom is 0.220 e. The molecule has 0 unspecified atom stereocenters. The zero-order valence-electron chi connectivity index (χ0n) is 12.7. The van der Waals surface area contributed by atoms with E-state index in [1.54, 1.807) is 0 Å². The Labute approximate surface area is 117 Å². The molecular weight excluding hydrogens is 238 g/mol. The quantitative estimate of drug-likeness (QED) is 0.471. The lowest BCUT2D eigenvalue weighted by atomic mass is 10.1. The summed E-state index contributed by atoms with van der Waals surface area (Å²) in [6, 6.07) is 0. The third-order valence-corrected chi connectivity index (χ3v) is 2.90. The van der Waals surface area contributed by atoms with Crippen molar-refractivity contribution in [3.05, 3.63) is 23.3 Å². The second-order valence-corrected chi connectivity index (χ2v) is 5.21. The molecule has 0 radical (unpaired) electrons. The van der Waals surface area contributed by atoms with Crippen molar-refractivity contribution in [2.45, 2.75) is 59.3 Å². The minimum Gasteiger partial charge on any atom is -0.396 e. The summed E-state index contributed by atoms with van der Waals surface area (Å²) in [6.07, 6.45) is 9.57. The van der Waals surface area contributed by atoms with Crippen molar-refractivity contribution in [3.8, 4) is 0 Å². The lowest BCUT2D eigenvalue weighted by Gasteiger charge is -2.03. The van der Waals surface area contributed by atoms with E-state index in [2.05, 4.69) is 38.2 Å². The topological polar surface area (TPSA) is 49.3 Å². The average Bonchev–Trinajstić information content (AvgIpc) is 2.34. The maximum absolute atomic E-state index is 11.5. The first-order chi connectivity index (χ1) is 9.06. The van der Waals surface area contributed by atoms with E-state index < -0.39 is 0 Å². The van der Waals surface area contributed by atoms with Gasteiger partial charge in [-0.25, -0.2) is 0 Å². The van der Waals surface area contributed by atoms with Gasteiger partial charge in [-0.2, -0.15) is 0 Å². The molecule has 0 aliphatic rings. The number of aliphatic hydroxyl groups is 1. The number of amides is 1. The molecule has 3 nitrogen and oxygen atoms in total. The first-order valence-electron chi connectivity index (χ1n) is 7.22. The first-order valence-corrected chi connectivity index (χ1v) is 7.22. The second kappa shape index (κ2) is 12.0. The molecule has 0 aliphatic carbocycles. The van der Waals surface area contributed by atoms with Gasteiger partial charge in [-0.05, 0) is 46.5 Å². The van der Waals surface area contributed by atoms with Gasteiger partial charge in [-0.3, -0.25) is 4.79 Å². The molecule has 2 N–H and O–H groups in total. The van der Waals surface area contributed by atoms with E-state index >= 15 is 0 Å². The smallest absolute Gasteiger partial charge is 0.220 e. The van der Waals surface area contributed by atoms with Crippen LogP contribution < -0.4 is 5.32 Å². The summed E-state index contributed by atoms with van der Waals surface area (Å²) < 4.78 is 0. The highest BCUT2D eigenvalue weighted by Crippen LogP contribution is 2.06. The van der Waals surface area contributed by atoms with Gasteiger partial charge in [-0.1, -0.05) is 29.7 Å². The number of aliphatic hydroxyl groups excluding tert-OH is 1. The van der Waals surface area contributed by atoms with Gasteiger partial charge in [-0.15, -0.1) is 0 Å². The van der Waals surface area contributed by atoms with E-state index in [4.69, 9.17) is 5.11 Å². The third-order valence-electron chi connectivity index (χ3n) is 2.90. The number of allylic oxidation sites excluding steroid dienone is 3. The molecule has 110 valence electrons. The third kappa shape index (κ3) is 13.1. The normalized spacial score (nSPS) is 11.3. The van der Waals surface area contributed by atoms with Gasteiger partial charge < -0.3 is 10.4 Å². The number of rotatable bonds is 10. The number of unbranched alkanes of at least 4 members (excludes halogenated alkanes) is 2. The van der Waals surface area contributed by atoms with Crippen LogP contribution in [0.15, 0.2) is 23.3 Å². The molecule has 0 saturated carbocycles. The Kier molecular flexibility index (Phi) is 11.3. The molecule has 0 aromatic rings. The van der Waals surface area contributed by atoms with Gasteiger partial charge in [0, 0.05) is 19.6 Å². The molecule has 0 atom stereocenters. The Morgan fingerprint density at radius 3 is 2.42 bits per heavy atom. The summed E-state index contributed by atoms with van der Waals surface area (Å²) in [5, 5.41) is 11.5. The lowest BCUT2D eigenvalue weighted by Crippen LogP contribution is -2.23. The molecule has 0 aromatic heterocycles. The minimum absolute atomic E-state index is 0.103. The molecule has 3 heteroatoms. The number of hydrogen-bond acceptors (Lipinski definition) is 2. The number of carbonyl (C=O) groups is 1. The number of nitrogens with one attached hydrogen (secondary N) is 1. The average molecular weight is 267 g/mol. The SMILES string of the molecule is CC(C)=CCC/C(C)=C/CNC(=O)CCCCCO. The minimum atomic E-state index is 0.103. The number of carbonyl (C=O) groups excluding carboxylic acids is 1. The van der Waals surface area contributed by atoms with Crippen molar-refractivity contribution < 1.29 is 9.90 Å². The van der Waals surface area contributed by atoms with E-state index in [0.29, 0.717) is 13.0 Å². The Bertz CT molecular complexity index is 302. The summed E-state index contributed by atoms with van der Waals surface area (Å²) in [6.45, 7) is 7.16. The van der Waals surface area contributed by atoms with Gasteiger partial charge in [0.15, 0.2) is 0 Å². The highest BCUT2D eigenvalue weighted by Gasteiger charge is 1.99. The zero-order chi connectivity index (χ0) is 14.5. The van der Waals surface area contributed by atoms with Crippen LogP contribution >= 0.6 is 0 Å². The highest BCUT2D eigenvalue weighted by atomic mass is 16.2. The fourth-order valence-electron chi connectivity index (χ4n) is 1.69. The fourth-order valence-corrected chi connectivity index (χ4v) is 1.69. The van der Waals surface area contributed by atoms with Crippen LogP contribution in [0.1, 0.15) is 59.3 Å². The molecule has 0 rings (SSSR count). The van der Waals surface area contributed by atoms with Crippen molar-refractivity contribution in [1.29, 1.82) is 0 Å². The van der Waals surface area contributed by atoms with Crippen LogP contribution in [-0.2, 0) is 4.79 Å². The molecule has 0 saturated heterocycles. The van der Waals surface area contributed by atoms with Crippen LogP contribution in [0.5, 0.6) is 0 Å². The predicted molar refractivity (Wildman–Crippen MR) is 81.0 cm³/mol. The van der Waals surface area contributed by atoms with Crippen LogP contribution in [0.25, 0.3) is 0 Å². The Morgan fingerprint density at radius 2 is 1.79 bits per heavy atom. The Hall–Kier alpha value is -1.09. The molecule has 0 aliphatic heterocycles. The Morgan fingerprint density at radius 1 is 1.05 bits per heavy atom. The maximum atomic E-state index is 11.5. The molecule has 0 aromatic carbocycles. The van der Waals surface area contributed by atoms with Crippen molar-refractivity contribution in [1.82, 2.24) is 5.32 Å². The van der Waals surface area contributed by atoms with E-state index in [-0.39, 0.29) is 12.5 Å². The van der Waals surface area contributed by atoms with Crippen LogP contribution in [0.3, 0.4) is 0 Å². The molecule has 0 fully saturated rings. The van der Waals surface area contributed by atoms with Crippen molar-refractivity contribution in [2.24, 2.45) is 0 Å². The Balaban J connectivity index is 3.63. The summed E-state index contributed by atoms with van der Waals surface area (Å²) in [7, 11) is 0. The fraction of sp³-hybridized carbons (Fsp3) is 0.688. The highest BCUT2D eigenvalue weighted by molar-refractivity contribution is 5.75. The van der Waals surface area contributed by atoms with E-state index in [0.717, 1.165) is 32.1 Å². The van der Waals surface area contributed by atoms with Crippen molar-refractivity contribution >= 4 is 5.91 Å². The van der Waals surface area contributed by atoms with Crippen LogP contribution in [0.4, 0.5) is 0 Å². The second-order valence-electron chi connectivity index (χ2n) is 5.21. The standard InChI is InChI=1S/C16H29NO2/c1-14(2)8-7-9-15(3)11-12-17-16(19)10-5-4-6-13-18/h8,11,18H,4-7,9-10,12-13H2,1-3H3,(H,17,19)/b15-11+. The number of hydrogen-bond donors (Lipinski definition) is 2. The first kappa shape index (κ1) is 17.9. The molecule has 0 heterocycles. The molecule has 19 heavy (non-hydrogen) atoms. The van der Waals surface area contributed by atoms with Crippen molar-refractivity contribution in [2.75, 3.05) is 13.2 Å². The van der Waals surface area contributed by atoms with E-state index in [9.17, 15) is 4.79 Å². The monoisotopic (exact) mass is 267 g/mol. The van der Waals surface area contributed by atoms with Gasteiger partial charge in [0.1, 0.15) is 0 Å². The predicted octanol–water partition coefficient (Wildman–Crippen LogP) is 3.35. The van der Waals surface area contributed by atoms with Gasteiger partial charge in [0.2, 0.25) is 5.91 Å². The molecular formula is C16H29NO2. The van der Waals surface area contributed by atoms with Gasteiger partial charge >= 0.3 is 0 Å². The molecule has 0 bridgehead atoms. The molecule has 0 spiro atoms. The summed E-state index contributed by atoms with van der Waals surface area (Å²) in [4.78, 5) is 11.5. The summed E-state index contributed by atoms with van der Waals surface area (Å²) >= 11 is 0. The van der Waals surface area contributed by atoms with Crippen LogP contribution in [-0.4, -0.2) is 24.2 Å². The zero-order valence-corrected chi connectivity index (χ0v) is 12.7. The van der Waals surface area contributed by atoms with Crippen molar-refractivity contribution in [3.63, 3.8) is 0 Å². The largest absolute Gasteiger partial charge is 0.396 e. The van der Waals surface area contributed by atoms with Crippen LogP contribution in [0, 0.1) is 0 Å². The van der Waals surface area contributed by atoms with Crippen LogP contribution in [0.2, 0.25) is 0 Å². The molecule has 1 amide bonds. The summed E-state index contributed by atoms with van der Waals surface area (Å²) in [5.41, 5.74) is 2.67. The van der Waals surface area contributed by atoms with E-state index in [1.165, 1.54) is 11.1 Å². The van der Waals surface area contributed by atoms with Gasteiger partial charge in [0.25, 0.3) is 0 Å². The van der Waals surface area contributed by atoms with Gasteiger partial charge in [0.05, 0.1) is 0 Å².